The van der Waals surface area contributed by atoms with Gasteiger partial charge in [-0.3, -0.25) is 14.6 Å². The summed E-state index contributed by atoms with van der Waals surface area (Å²) in [6, 6.07) is 16.8. The summed E-state index contributed by atoms with van der Waals surface area (Å²) in [5, 5.41) is 3.90. The average molecular weight is 375 g/mol. The van der Waals surface area contributed by atoms with E-state index >= 15 is 0 Å². The Bertz CT molecular complexity index is 1010. The van der Waals surface area contributed by atoms with Crippen molar-refractivity contribution in [2.24, 2.45) is 5.92 Å². The molecule has 0 unspecified atom stereocenters. The number of ether oxygens (including phenoxy) is 1. The van der Waals surface area contributed by atoms with E-state index in [9.17, 15) is 9.59 Å². The molecule has 3 aromatic rings. The highest BCUT2D eigenvalue weighted by molar-refractivity contribution is 6.06. The van der Waals surface area contributed by atoms with Crippen LogP contribution in [0.1, 0.15) is 13.3 Å². The van der Waals surface area contributed by atoms with Crippen LogP contribution in [0.25, 0.3) is 10.9 Å². The largest absolute Gasteiger partial charge is 0.494 e. The number of para-hydroxylation sites is 1. The van der Waals surface area contributed by atoms with E-state index in [1.165, 1.54) is 0 Å². The van der Waals surface area contributed by atoms with Crippen LogP contribution in [0.5, 0.6) is 5.75 Å². The van der Waals surface area contributed by atoms with Gasteiger partial charge in [0.05, 0.1) is 23.7 Å². The molecule has 142 valence electrons. The number of aromatic nitrogens is 1. The van der Waals surface area contributed by atoms with E-state index in [0.717, 1.165) is 22.3 Å². The van der Waals surface area contributed by atoms with Crippen molar-refractivity contribution in [2.75, 3.05) is 23.4 Å². The lowest BCUT2D eigenvalue weighted by molar-refractivity contribution is -0.122. The van der Waals surface area contributed by atoms with Gasteiger partial charge in [0.2, 0.25) is 11.8 Å². The molecule has 0 bridgehead atoms. The minimum atomic E-state index is -0.405. The smallest absolute Gasteiger partial charge is 0.229 e. The highest BCUT2D eigenvalue weighted by atomic mass is 16.5. The van der Waals surface area contributed by atoms with Gasteiger partial charge >= 0.3 is 0 Å². The summed E-state index contributed by atoms with van der Waals surface area (Å²) in [4.78, 5) is 31.3. The molecule has 1 fully saturated rings. The van der Waals surface area contributed by atoms with Crippen molar-refractivity contribution in [1.29, 1.82) is 0 Å². The number of fused-ring (bicyclic) bond motifs is 1. The fourth-order valence-corrected chi connectivity index (χ4v) is 3.46. The predicted molar refractivity (Wildman–Crippen MR) is 108 cm³/mol. The lowest BCUT2D eigenvalue weighted by atomic mass is 10.1. The number of nitrogens with zero attached hydrogens (tertiary/aromatic N) is 2. The molecular weight excluding hydrogens is 354 g/mol. The fourth-order valence-electron chi connectivity index (χ4n) is 3.46. The average Bonchev–Trinajstić information content (AvgIpc) is 3.11. The van der Waals surface area contributed by atoms with E-state index in [4.69, 9.17) is 4.74 Å². The second kappa shape index (κ2) is 7.68. The number of amides is 2. The maximum atomic E-state index is 12.8. The summed E-state index contributed by atoms with van der Waals surface area (Å²) in [6.45, 7) is 2.87. The monoisotopic (exact) mass is 375 g/mol. The molecule has 2 heterocycles. The lowest BCUT2D eigenvalue weighted by Gasteiger charge is -2.17. The van der Waals surface area contributed by atoms with Crippen molar-refractivity contribution in [3.63, 3.8) is 0 Å². The molecule has 0 saturated carbocycles. The summed E-state index contributed by atoms with van der Waals surface area (Å²) in [5.41, 5.74) is 2.18. The molecule has 1 saturated heterocycles. The van der Waals surface area contributed by atoms with Gasteiger partial charge in [-0.25, -0.2) is 0 Å². The number of rotatable bonds is 5. The van der Waals surface area contributed by atoms with Crippen LogP contribution in [-0.2, 0) is 9.59 Å². The number of hydrogen-bond acceptors (Lipinski definition) is 4. The molecule has 6 heteroatoms. The van der Waals surface area contributed by atoms with Crippen LogP contribution in [0, 0.1) is 5.92 Å². The first-order valence-electron chi connectivity index (χ1n) is 9.33. The highest BCUT2D eigenvalue weighted by Gasteiger charge is 2.35. The topological polar surface area (TPSA) is 71.5 Å². The molecular formula is C22H21N3O3. The van der Waals surface area contributed by atoms with E-state index in [1.807, 2.05) is 61.5 Å². The van der Waals surface area contributed by atoms with Crippen LogP contribution in [0.2, 0.25) is 0 Å². The van der Waals surface area contributed by atoms with Gasteiger partial charge < -0.3 is 15.0 Å². The summed E-state index contributed by atoms with van der Waals surface area (Å²) in [6.07, 6.45) is 1.89. The molecule has 1 aliphatic heterocycles. The van der Waals surface area contributed by atoms with Crippen LogP contribution in [0.4, 0.5) is 11.4 Å². The number of hydrogen-bond donors (Lipinski definition) is 1. The van der Waals surface area contributed by atoms with E-state index < -0.39 is 5.92 Å². The second-order valence-electron chi connectivity index (χ2n) is 6.70. The summed E-state index contributed by atoms with van der Waals surface area (Å²) < 4.78 is 5.44. The van der Waals surface area contributed by atoms with E-state index in [1.54, 1.807) is 11.1 Å². The SMILES string of the molecule is CCOc1ccc(N2C[C@@H](C(=O)Nc3cccc4cccnc34)CC2=O)cc1. The van der Waals surface area contributed by atoms with Gasteiger partial charge in [-0.2, -0.15) is 0 Å². The predicted octanol–water partition coefficient (Wildman–Crippen LogP) is 3.63. The van der Waals surface area contributed by atoms with Crippen LogP contribution >= 0.6 is 0 Å². The standard InChI is InChI=1S/C22H21N3O3/c1-2-28-18-10-8-17(9-11-18)25-14-16(13-20(25)26)22(27)24-19-7-3-5-15-6-4-12-23-21(15)19/h3-12,16H,2,13-14H2,1H3,(H,24,27)/t16-/m0/s1. The van der Waals surface area contributed by atoms with E-state index in [2.05, 4.69) is 10.3 Å². The normalized spacial score (nSPS) is 16.4. The van der Waals surface area contributed by atoms with Crippen LogP contribution in [-0.4, -0.2) is 29.9 Å². The maximum Gasteiger partial charge on any atom is 0.229 e. The molecule has 4 rings (SSSR count). The minimum Gasteiger partial charge on any atom is -0.494 e. The van der Waals surface area contributed by atoms with Gasteiger partial charge in [-0.15, -0.1) is 0 Å². The Balaban J connectivity index is 1.48. The summed E-state index contributed by atoms with van der Waals surface area (Å²) in [7, 11) is 0. The fraction of sp³-hybridized carbons (Fsp3) is 0.227. The molecule has 28 heavy (non-hydrogen) atoms. The molecule has 2 aromatic carbocycles. The second-order valence-corrected chi connectivity index (χ2v) is 6.70. The van der Waals surface area contributed by atoms with Crippen molar-refractivity contribution in [3.8, 4) is 5.75 Å². The lowest BCUT2D eigenvalue weighted by Crippen LogP contribution is -2.28. The van der Waals surface area contributed by atoms with Gasteiger partial charge in [0, 0.05) is 30.2 Å². The Kier molecular flexibility index (Phi) is 4.93. The minimum absolute atomic E-state index is 0.0552. The van der Waals surface area contributed by atoms with Crippen LogP contribution in [0.3, 0.4) is 0 Å². The van der Waals surface area contributed by atoms with Gasteiger partial charge in [-0.1, -0.05) is 18.2 Å². The Hall–Kier alpha value is -3.41. The third-order valence-electron chi connectivity index (χ3n) is 4.85. The van der Waals surface area contributed by atoms with Crippen LogP contribution < -0.4 is 15.0 Å². The van der Waals surface area contributed by atoms with Gasteiger partial charge in [0.25, 0.3) is 0 Å². The van der Waals surface area contributed by atoms with Crippen LogP contribution in [0.15, 0.2) is 60.8 Å². The third-order valence-corrected chi connectivity index (χ3v) is 4.85. The first-order chi connectivity index (χ1) is 13.7. The molecule has 0 radical (unpaired) electrons. The Morgan fingerprint density at radius 2 is 1.96 bits per heavy atom. The number of anilines is 2. The first-order valence-corrected chi connectivity index (χ1v) is 9.33. The molecule has 1 atom stereocenters. The Labute approximate surface area is 163 Å². The molecule has 2 amide bonds. The summed E-state index contributed by atoms with van der Waals surface area (Å²) >= 11 is 0. The van der Waals surface area contributed by atoms with Crippen molar-refractivity contribution < 1.29 is 14.3 Å². The molecule has 1 aliphatic rings. The van der Waals surface area contributed by atoms with Crippen molar-refractivity contribution in [2.45, 2.75) is 13.3 Å². The molecule has 0 spiro atoms. The van der Waals surface area contributed by atoms with Gasteiger partial charge in [0.15, 0.2) is 0 Å². The number of benzene rings is 2. The van der Waals surface area contributed by atoms with E-state index in [0.29, 0.717) is 18.8 Å². The number of carbonyl (C=O) groups excluding carboxylic acids is 2. The zero-order chi connectivity index (χ0) is 19.5. The molecule has 0 aliphatic carbocycles. The van der Waals surface area contributed by atoms with E-state index in [-0.39, 0.29) is 18.2 Å². The number of carbonyl (C=O) groups is 2. The van der Waals surface area contributed by atoms with Gasteiger partial charge in [-0.05, 0) is 43.3 Å². The van der Waals surface area contributed by atoms with Crippen molar-refractivity contribution >= 4 is 34.1 Å². The maximum absolute atomic E-state index is 12.8. The zero-order valence-electron chi connectivity index (χ0n) is 15.6. The van der Waals surface area contributed by atoms with Gasteiger partial charge in [0.1, 0.15) is 5.75 Å². The highest BCUT2D eigenvalue weighted by Crippen LogP contribution is 2.28. The third kappa shape index (κ3) is 3.53. The zero-order valence-corrected chi connectivity index (χ0v) is 15.6. The van der Waals surface area contributed by atoms with Crippen molar-refractivity contribution in [1.82, 2.24) is 4.98 Å². The first kappa shape index (κ1) is 18.0. The number of nitrogens with one attached hydrogen (secondary N) is 1. The molecule has 1 aromatic heterocycles. The van der Waals surface area contributed by atoms with Crippen molar-refractivity contribution in [3.05, 3.63) is 60.8 Å². The summed E-state index contributed by atoms with van der Waals surface area (Å²) in [5.74, 6) is 0.133. The Morgan fingerprint density at radius 1 is 1.18 bits per heavy atom. The number of pyridine rings is 1. The quantitative estimate of drug-likeness (QED) is 0.739. The molecule has 1 N–H and O–H groups in total. The Morgan fingerprint density at radius 3 is 2.75 bits per heavy atom. The molecule has 6 nitrogen and oxygen atoms in total.